The molecule has 0 radical (unpaired) electrons. The fourth-order valence-corrected chi connectivity index (χ4v) is 1.67. The van der Waals surface area contributed by atoms with Crippen LogP contribution < -0.4 is 0 Å². The fraction of sp³-hybridized carbons (Fsp3) is 0.900. The quantitative estimate of drug-likeness (QED) is 0.566. The van der Waals surface area contributed by atoms with E-state index < -0.39 is 0 Å². The summed E-state index contributed by atoms with van der Waals surface area (Å²) in [5, 5.41) is 13.8. The van der Waals surface area contributed by atoms with Gasteiger partial charge in [-0.15, -0.1) is 0 Å². The van der Waals surface area contributed by atoms with Gasteiger partial charge in [-0.05, 0) is 17.8 Å². The molecule has 1 atom stereocenters. The molecule has 1 aliphatic rings. The van der Waals surface area contributed by atoms with Crippen LogP contribution in [0.3, 0.4) is 0 Å². The Bertz CT molecular complexity index is 158. The molecular weight excluding hydrogens is 150 g/mol. The van der Waals surface area contributed by atoms with Gasteiger partial charge in [0.1, 0.15) is 0 Å². The number of aliphatic hydroxyl groups excluding tert-OH is 1. The normalized spacial score (nSPS) is 26.3. The van der Waals surface area contributed by atoms with Gasteiger partial charge in [0.2, 0.25) is 0 Å². The molecule has 12 heavy (non-hydrogen) atoms. The molecule has 1 saturated carbocycles. The second-order valence-corrected chi connectivity index (χ2v) is 4.24. The molecule has 1 unspecified atom stereocenters. The van der Waals surface area contributed by atoms with E-state index in [4.69, 9.17) is 10.4 Å². The van der Waals surface area contributed by atoms with Crippen molar-refractivity contribution in [2.75, 3.05) is 0 Å². The minimum atomic E-state index is 0.637. The van der Waals surface area contributed by atoms with E-state index in [0.29, 0.717) is 5.41 Å². The Morgan fingerprint density at radius 2 is 1.92 bits per heavy atom. The first-order chi connectivity index (χ1) is 5.54. The maximum absolute atomic E-state index is 6.88. The number of nitrogens with zero attached hydrogens (tertiary/aromatic N) is 1. The SMILES string of the molecule is CC1CCCCC1(C)C.N#CO. The van der Waals surface area contributed by atoms with Gasteiger partial charge in [0.15, 0.2) is 0 Å². The smallest absolute Gasteiger partial charge is 0.283 e. The van der Waals surface area contributed by atoms with Crippen LogP contribution in [0.5, 0.6) is 0 Å². The first-order valence-corrected chi connectivity index (χ1v) is 4.58. The maximum Gasteiger partial charge on any atom is 0.283 e. The Balaban J connectivity index is 0.000000354. The standard InChI is InChI=1S/C9H18.CHNO/c1-8-6-4-5-7-9(8,2)3;2-1-3/h8H,4-7H2,1-3H3;3H. The topological polar surface area (TPSA) is 44.0 Å². The summed E-state index contributed by atoms with van der Waals surface area (Å²) < 4.78 is 0. The van der Waals surface area contributed by atoms with Gasteiger partial charge in [0, 0.05) is 0 Å². The Kier molecular flexibility index (Phi) is 4.73. The van der Waals surface area contributed by atoms with Crippen LogP contribution in [0.4, 0.5) is 0 Å². The van der Waals surface area contributed by atoms with Crippen LogP contribution in [0.25, 0.3) is 0 Å². The van der Waals surface area contributed by atoms with Gasteiger partial charge >= 0.3 is 0 Å². The molecule has 0 bridgehead atoms. The van der Waals surface area contributed by atoms with Gasteiger partial charge in [0.25, 0.3) is 6.26 Å². The summed E-state index contributed by atoms with van der Waals surface area (Å²) in [6.45, 7) is 7.19. The minimum Gasteiger partial charge on any atom is -0.443 e. The van der Waals surface area contributed by atoms with Crippen molar-refractivity contribution in [1.82, 2.24) is 0 Å². The largest absolute Gasteiger partial charge is 0.443 e. The lowest BCUT2D eigenvalue weighted by atomic mass is 9.70. The molecule has 1 N–H and O–H groups in total. The molecule has 0 saturated heterocycles. The summed E-state index contributed by atoms with van der Waals surface area (Å²) in [5.74, 6) is 0.950. The van der Waals surface area contributed by atoms with E-state index >= 15 is 0 Å². The summed E-state index contributed by atoms with van der Waals surface area (Å²) in [4.78, 5) is 0. The molecule has 0 aromatic rings. The van der Waals surface area contributed by atoms with Gasteiger partial charge in [-0.1, -0.05) is 40.0 Å². The van der Waals surface area contributed by atoms with Crippen molar-refractivity contribution in [2.45, 2.75) is 46.5 Å². The predicted octanol–water partition coefficient (Wildman–Crippen LogP) is 3.06. The maximum atomic E-state index is 6.88. The van der Waals surface area contributed by atoms with E-state index in [1.165, 1.54) is 25.7 Å². The third-order valence-corrected chi connectivity index (χ3v) is 3.04. The van der Waals surface area contributed by atoms with Crippen LogP contribution in [-0.4, -0.2) is 5.11 Å². The molecule has 0 aliphatic heterocycles. The lowest BCUT2D eigenvalue weighted by Gasteiger charge is -2.36. The van der Waals surface area contributed by atoms with Crippen molar-refractivity contribution < 1.29 is 5.11 Å². The van der Waals surface area contributed by atoms with E-state index in [9.17, 15) is 0 Å². The zero-order valence-electron chi connectivity index (χ0n) is 8.30. The summed E-state index contributed by atoms with van der Waals surface area (Å²) in [5.41, 5.74) is 0.637. The molecule has 2 nitrogen and oxygen atoms in total. The monoisotopic (exact) mass is 169 g/mol. The van der Waals surface area contributed by atoms with Crippen LogP contribution in [0.15, 0.2) is 0 Å². The van der Waals surface area contributed by atoms with Crippen LogP contribution in [-0.2, 0) is 0 Å². The Morgan fingerprint density at radius 3 is 2.17 bits per heavy atom. The first kappa shape index (κ1) is 11.3. The molecular formula is C10H19NO. The Labute approximate surface area is 75.2 Å². The molecule has 0 aromatic carbocycles. The predicted molar refractivity (Wildman–Crippen MR) is 49.0 cm³/mol. The van der Waals surface area contributed by atoms with Crippen LogP contribution in [0.2, 0.25) is 0 Å². The van der Waals surface area contributed by atoms with Crippen molar-refractivity contribution >= 4 is 0 Å². The second kappa shape index (κ2) is 5.03. The fourth-order valence-electron chi connectivity index (χ4n) is 1.67. The van der Waals surface area contributed by atoms with Gasteiger partial charge in [-0.2, -0.15) is 5.26 Å². The molecule has 2 heteroatoms. The van der Waals surface area contributed by atoms with E-state index in [1.807, 2.05) is 0 Å². The number of hydrogen-bond donors (Lipinski definition) is 1. The molecule has 1 aliphatic carbocycles. The average molecular weight is 169 g/mol. The van der Waals surface area contributed by atoms with E-state index in [1.54, 1.807) is 0 Å². The molecule has 0 aromatic heterocycles. The molecule has 1 fully saturated rings. The number of hydrogen-bond acceptors (Lipinski definition) is 2. The molecule has 0 amide bonds. The summed E-state index contributed by atoms with van der Waals surface area (Å²) in [7, 11) is 0. The number of rotatable bonds is 0. The summed E-state index contributed by atoms with van der Waals surface area (Å²) in [6.07, 6.45) is 6.56. The molecule has 70 valence electrons. The van der Waals surface area contributed by atoms with Crippen molar-refractivity contribution in [3.63, 3.8) is 0 Å². The van der Waals surface area contributed by atoms with Gasteiger partial charge in [-0.3, -0.25) is 0 Å². The zero-order valence-corrected chi connectivity index (χ0v) is 8.30. The van der Waals surface area contributed by atoms with E-state index in [2.05, 4.69) is 20.8 Å². The van der Waals surface area contributed by atoms with Crippen LogP contribution in [0, 0.1) is 22.9 Å². The van der Waals surface area contributed by atoms with Gasteiger partial charge in [-0.25, -0.2) is 0 Å². The van der Waals surface area contributed by atoms with Crippen LogP contribution >= 0.6 is 0 Å². The Morgan fingerprint density at radius 1 is 1.42 bits per heavy atom. The third-order valence-electron chi connectivity index (χ3n) is 3.04. The highest BCUT2D eigenvalue weighted by molar-refractivity contribution is 4.79. The lowest BCUT2D eigenvalue weighted by Crippen LogP contribution is -2.24. The number of nitriles is 1. The average Bonchev–Trinajstić information content (AvgIpc) is 1.97. The number of aliphatic hydroxyl groups is 1. The highest BCUT2D eigenvalue weighted by Crippen LogP contribution is 2.39. The molecule has 0 heterocycles. The third kappa shape index (κ3) is 3.61. The van der Waals surface area contributed by atoms with E-state index in [0.717, 1.165) is 12.2 Å². The highest BCUT2D eigenvalue weighted by Gasteiger charge is 2.27. The van der Waals surface area contributed by atoms with Crippen molar-refractivity contribution in [2.24, 2.45) is 11.3 Å². The molecule has 0 spiro atoms. The zero-order chi connectivity index (χ0) is 9.61. The second-order valence-electron chi connectivity index (χ2n) is 4.24. The van der Waals surface area contributed by atoms with Gasteiger partial charge in [0.05, 0.1) is 0 Å². The van der Waals surface area contributed by atoms with Crippen molar-refractivity contribution in [3.05, 3.63) is 0 Å². The first-order valence-electron chi connectivity index (χ1n) is 4.58. The van der Waals surface area contributed by atoms with Crippen molar-refractivity contribution in [3.8, 4) is 6.26 Å². The Hall–Kier alpha value is -0.710. The van der Waals surface area contributed by atoms with Crippen LogP contribution in [0.1, 0.15) is 46.5 Å². The summed E-state index contributed by atoms with van der Waals surface area (Å²) in [6, 6.07) is 0. The highest BCUT2D eigenvalue weighted by atomic mass is 16.2. The van der Waals surface area contributed by atoms with Crippen molar-refractivity contribution in [1.29, 1.82) is 5.26 Å². The molecule has 1 rings (SSSR count). The minimum absolute atomic E-state index is 0.637. The van der Waals surface area contributed by atoms with Gasteiger partial charge < -0.3 is 5.11 Å². The van der Waals surface area contributed by atoms with E-state index in [-0.39, 0.29) is 0 Å². The summed E-state index contributed by atoms with van der Waals surface area (Å²) >= 11 is 0. The lowest BCUT2D eigenvalue weighted by molar-refractivity contribution is 0.154.